The molecule has 0 aromatic rings. The predicted octanol–water partition coefficient (Wildman–Crippen LogP) is 3.20. The molecule has 0 N–H and O–H groups in total. The van der Waals surface area contributed by atoms with Crippen LogP contribution in [-0.2, 0) is 0 Å². The summed E-state index contributed by atoms with van der Waals surface area (Å²) in [4.78, 5) is 0. The van der Waals surface area contributed by atoms with Crippen molar-refractivity contribution in [3.63, 3.8) is 0 Å². The first-order valence-electron chi connectivity index (χ1n) is 1.84. The molecule has 7 heteroatoms. The average molecular weight is 308 g/mol. The van der Waals surface area contributed by atoms with Crippen LogP contribution in [0.15, 0.2) is 0 Å². The first-order valence-corrected chi connectivity index (χ1v) is 14.7. The molecular formula is C2H2Cl3F3Sn. The Balaban J connectivity index is 3.75. The van der Waals surface area contributed by atoms with Gasteiger partial charge >= 0.3 is 65.5 Å². The van der Waals surface area contributed by atoms with Gasteiger partial charge in [0.05, 0.1) is 0 Å². The fourth-order valence-electron chi connectivity index (χ4n) is 0.227. The van der Waals surface area contributed by atoms with E-state index in [1.165, 1.54) is 0 Å². The van der Waals surface area contributed by atoms with E-state index >= 15 is 0 Å². The number of halogens is 6. The Morgan fingerprint density at radius 1 is 1.11 bits per heavy atom. The molecule has 0 heterocycles. The summed E-state index contributed by atoms with van der Waals surface area (Å²) >= 11 is -4.15. The Morgan fingerprint density at radius 2 is 1.44 bits per heavy atom. The minimum absolute atomic E-state index is 1.20. The van der Waals surface area contributed by atoms with Gasteiger partial charge in [0.1, 0.15) is 0 Å². The van der Waals surface area contributed by atoms with Crippen molar-refractivity contribution in [2.45, 2.75) is 10.6 Å². The zero-order chi connectivity index (χ0) is 7.71. The van der Waals surface area contributed by atoms with Gasteiger partial charge in [-0.3, -0.25) is 0 Å². The molecular weight excluding hydrogens is 306 g/mol. The van der Waals surface area contributed by atoms with Crippen LogP contribution in [0.5, 0.6) is 0 Å². The van der Waals surface area contributed by atoms with Crippen LogP contribution in [0.2, 0.25) is 4.44 Å². The van der Waals surface area contributed by atoms with Crippen LogP contribution in [0.1, 0.15) is 0 Å². The molecule has 0 unspecified atom stereocenters. The molecule has 0 radical (unpaired) electrons. The van der Waals surface area contributed by atoms with Gasteiger partial charge < -0.3 is 0 Å². The number of hydrogen-bond donors (Lipinski definition) is 0. The van der Waals surface area contributed by atoms with Crippen molar-refractivity contribution in [2.24, 2.45) is 0 Å². The second-order valence-corrected chi connectivity index (χ2v) is 22.8. The zero-order valence-electron chi connectivity index (χ0n) is 3.97. The SMILES string of the molecule is FC(F)(F)[CH2][Sn]([Cl])([Cl])[Cl]. The van der Waals surface area contributed by atoms with Crippen LogP contribution >= 0.6 is 26.8 Å². The summed E-state index contributed by atoms with van der Waals surface area (Å²) in [7, 11) is 15.1. The summed E-state index contributed by atoms with van der Waals surface area (Å²) in [6, 6.07) is 0. The van der Waals surface area contributed by atoms with E-state index in [0.29, 0.717) is 0 Å². The molecule has 0 bridgehead atoms. The van der Waals surface area contributed by atoms with Crippen LogP contribution in [0.25, 0.3) is 0 Å². The number of alkyl halides is 3. The summed E-state index contributed by atoms with van der Waals surface area (Å²) in [5, 5.41) is 0. The van der Waals surface area contributed by atoms with Gasteiger partial charge in [-0.2, -0.15) is 0 Å². The second-order valence-electron chi connectivity index (χ2n) is 1.41. The van der Waals surface area contributed by atoms with E-state index in [1.54, 1.807) is 0 Å². The molecule has 0 atom stereocenters. The number of hydrogen-bond acceptors (Lipinski definition) is 0. The third-order valence-corrected chi connectivity index (χ3v) is 5.38. The van der Waals surface area contributed by atoms with Gasteiger partial charge in [0.25, 0.3) is 0 Å². The van der Waals surface area contributed by atoms with Crippen LogP contribution in [0.3, 0.4) is 0 Å². The molecule has 56 valence electrons. The van der Waals surface area contributed by atoms with Crippen molar-refractivity contribution >= 4 is 41.8 Å². The summed E-state index contributed by atoms with van der Waals surface area (Å²) < 4.78 is 32.9. The van der Waals surface area contributed by atoms with E-state index in [-0.39, 0.29) is 0 Å². The minimum atomic E-state index is -4.32. The van der Waals surface area contributed by atoms with E-state index in [4.69, 9.17) is 26.8 Å². The van der Waals surface area contributed by atoms with E-state index in [0.717, 1.165) is 0 Å². The van der Waals surface area contributed by atoms with Crippen molar-refractivity contribution < 1.29 is 13.2 Å². The normalized spacial score (nSPS) is 14.0. The zero-order valence-corrected chi connectivity index (χ0v) is 9.10. The van der Waals surface area contributed by atoms with Crippen LogP contribution < -0.4 is 0 Å². The Kier molecular flexibility index (Phi) is 3.76. The molecule has 0 aliphatic rings. The Labute approximate surface area is 65.3 Å². The van der Waals surface area contributed by atoms with Crippen LogP contribution in [0, 0.1) is 0 Å². The molecule has 0 aromatic heterocycles. The van der Waals surface area contributed by atoms with Gasteiger partial charge in [-0.25, -0.2) is 0 Å². The van der Waals surface area contributed by atoms with E-state index in [9.17, 15) is 13.2 Å². The van der Waals surface area contributed by atoms with Gasteiger partial charge in [0.15, 0.2) is 0 Å². The molecule has 0 saturated carbocycles. The average Bonchev–Trinajstić information content (AvgIpc) is 1.14. The van der Waals surface area contributed by atoms with E-state index in [1.807, 2.05) is 0 Å². The van der Waals surface area contributed by atoms with Crippen molar-refractivity contribution in [2.75, 3.05) is 0 Å². The Morgan fingerprint density at radius 3 is 1.44 bits per heavy atom. The van der Waals surface area contributed by atoms with Gasteiger partial charge in [-0.1, -0.05) is 0 Å². The molecule has 0 aromatic carbocycles. The van der Waals surface area contributed by atoms with Gasteiger partial charge in [-0.05, 0) is 0 Å². The quantitative estimate of drug-likeness (QED) is 0.653. The fraction of sp³-hybridized carbons (Fsp3) is 1.00. The van der Waals surface area contributed by atoms with Crippen molar-refractivity contribution in [1.29, 1.82) is 0 Å². The fourth-order valence-corrected chi connectivity index (χ4v) is 4.57. The summed E-state index contributed by atoms with van der Waals surface area (Å²) in [6.45, 7) is 0. The third-order valence-electron chi connectivity index (χ3n) is 0.401. The van der Waals surface area contributed by atoms with Crippen molar-refractivity contribution in [3.05, 3.63) is 0 Å². The maximum absolute atomic E-state index is 11.4. The Bertz CT molecular complexity index is 82.2. The first kappa shape index (κ1) is 10.5. The Hall–Kier alpha value is 1.46. The first-order chi connectivity index (χ1) is 3.71. The second kappa shape index (κ2) is 3.24. The van der Waals surface area contributed by atoms with Gasteiger partial charge in [0.2, 0.25) is 0 Å². The monoisotopic (exact) mass is 308 g/mol. The molecule has 0 aliphatic carbocycles. The third kappa shape index (κ3) is 9.46. The molecule has 0 aliphatic heterocycles. The molecule has 0 saturated heterocycles. The van der Waals surface area contributed by atoms with Crippen LogP contribution in [0.4, 0.5) is 13.2 Å². The number of rotatable bonds is 1. The molecule has 0 rings (SSSR count). The predicted molar refractivity (Wildman–Crippen MR) is 34.2 cm³/mol. The van der Waals surface area contributed by atoms with Crippen molar-refractivity contribution in [3.8, 4) is 0 Å². The summed E-state index contributed by atoms with van der Waals surface area (Å²) in [6.07, 6.45) is -4.32. The van der Waals surface area contributed by atoms with E-state index in [2.05, 4.69) is 0 Å². The summed E-state index contributed by atoms with van der Waals surface area (Å²) in [5.41, 5.74) is 0. The summed E-state index contributed by atoms with van der Waals surface area (Å²) in [5.74, 6) is 0. The van der Waals surface area contributed by atoms with E-state index < -0.39 is 25.6 Å². The van der Waals surface area contributed by atoms with Gasteiger partial charge in [-0.15, -0.1) is 0 Å². The van der Waals surface area contributed by atoms with Crippen molar-refractivity contribution in [1.82, 2.24) is 0 Å². The van der Waals surface area contributed by atoms with Crippen LogP contribution in [-0.4, -0.2) is 21.2 Å². The molecule has 0 nitrogen and oxygen atoms in total. The molecule has 0 spiro atoms. The molecule has 0 fully saturated rings. The molecule has 0 amide bonds. The standard InChI is InChI=1S/C2H2F3.3ClH.Sn/c1-2(3,4)5;;;;/h1H2;3*1H;/q;;;;+3/p-3. The van der Waals surface area contributed by atoms with Gasteiger partial charge in [0, 0.05) is 0 Å². The topological polar surface area (TPSA) is 0 Å². The molecule has 9 heavy (non-hydrogen) atoms. The maximum atomic E-state index is 11.4.